The predicted molar refractivity (Wildman–Crippen MR) is 38.3 cm³/mol. The van der Waals surface area contributed by atoms with Crippen molar-refractivity contribution < 1.29 is 17.3 Å². The molecule has 1 heterocycles. The Labute approximate surface area is 65.8 Å². The number of rotatable bonds is 1. The predicted octanol–water partition coefficient (Wildman–Crippen LogP) is -0.744. The molecule has 1 saturated heterocycles. The highest BCUT2D eigenvalue weighted by Gasteiger charge is 2.21. The fourth-order valence-electron chi connectivity index (χ4n) is 0.807. The second-order valence-electron chi connectivity index (χ2n) is 2.23. The summed E-state index contributed by atoms with van der Waals surface area (Å²) in [5.41, 5.74) is 0. The van der Waals surface area contributed by atoms with Crippen molar-refractivity contribution in [1.29, 1.82) is 0 Å². The molecule has 0 aromatic rings. The Kier molecular flexibility index (Phi) is 2.83. The maximum absolute atomic E-state index is 10.9. The lowest BCUT2D eigenvalue weighted by Gasteiger charge is -2.11. The minimum absolute atomic E-state index is 0.0554. The van der Waals surface area contributed by atoms with Gasteiger partial charge in [-0.3, -0.25) is 5.32 Å². The van der Waals surface area contributed by atoms with Crippen molar-refractivity contribution in [2.24, 2.45) is 0 Å². The minimum Gasteiger partial charge on any atom is -0.342 e. The highest BCUT2D eigenvalue weighted by Crippen LogP contribution is 2.04. The van der Waals surface area contributed by atoms with E-state index >= 15 is 0 Å². The molecule has 1 unspecified atom stereocenters. The van der Waals surface area contributed by atoms with E-state index in [1.807, 2.05) is 0 Å². The smallest absolute Gasteiger partial charge is 0.270 e. The van der Waals surface area contributed by atoms with E-state index in [4.69, 9.17) is 4.74 Å². The van der Waals surface area contributed by atoms with Gasteiger partial charge in [0.1, 0.15) is 0 Å². The molecule has 6 heteroatoms. The van der Waals surface area contributed by atoms with Crippen LogP contribution in [0.5, 0.6) is 0 Å². The zero-order chi connectivity index (χ0) is 8.32. The molecular formula is C5H11NO4S. The molecule has 1 rings (SSSR count). The normalized spacial score (nSPS) is 31.2. The average molecular weight is 181 g/mol. The van der Waals surface area contributed by atoms with Crippen LogP contribution in [0.15, 0.2) is 0 Å². The number of hydrogen-bond acceptors (Lipinski definition) is 5. The van der Waals surface area contributed by atoms with Crippen LogP contribution in [-0.2, 0) is 19.0 Å². The van der Waals surface area contributed by atoms with Crippen LogP contribution in [0.1, 0.15) is 6.42 Å². The summed E-state index contributed by atoms with van der Waals surface area (Å²) in [6.45, 7) is 0.595. The van der Waals surface area contributed by atoms with Crippen molar-refractivity contribution >= 4 is 10.1 Å². The fraction of sp³-hybridized carbons (Fsp3) is 1.00. The quantitative estimate of drug-likeness (QED) is 0.539. The van der Waals surface area contributed by atoms with Gasteiger partial charge < -0.3 is 4.74 Å². The standard InChI is InChI=1S/C5H11NO4S/c1-9-5-6-3-2-4-11(7,8)10-5/h5-6H,2-4H2,1H3. The first-order chi connectivity index (χ1) is 5.14. The highest BCUT2D eigenvalue weighted by molar-refractivity contribution is 7.86. The summed E-state index contributed by atoms with van der Waals surface area (Å²) < 4.78 is 31.1. The first-order valence-electron chi connectivity index (χ1n) is 3.31. The lowest BCUT2D eigenvalue weighted by atomic mass is 10.5. The second-order valence-corrected chi connectivity index (χ2v) is 3.95. The third-order valence-corrected chi connectivity index (χ3v) is 2.59. The molecule has 0 aromatic heterocycles. The molecule has 0 saturated carbocycles. The van der Waals surface area contributed by atoms with Crippen molar-refractivity contribution in [1.82, 2.24) is 5.32 Å². The van der Waals surface area contributed by atoms with E-state index in [1.54, 1.807) is 0 Å². The summed E-state index contributed by atoms with van der Waals surface area (Å²) in [6.07, 6.45) is -0.259. The molecule has 1 aliphatic heterocycles. The molecule has 1 aliphatic rings. The van der Waals surface area contributed by atoms with Gasteiger partial charge in [-0.15, -0.1) is 0 Å². The van der Waals surface area contributed by atoms with E-state index in [-0.39, 0.29) is 5.75 Å². The van der Waals surface area contributed by atoms with Crippen LogP contribution in [-0.4, -0.2) is 34.2 Å². The molecule has 5 nitrogen and oxygen atoms in total. The van der Waals surface area contributed by atoms with Gasteiger partial charge in [-0.25, -0.2) is 4.18 Å². The van der Waals surface area contributed by atoms with Gasteiger partial charge in [0.05, 0.1) is 5.75 Å². The topological polar surface area (TPSA) is 64.6 Å². The lowest BCUT2D eigenvalue weighted by molar-refractivity contribution is -0.0690. The Bertz CT molecular complexity index is 213. The summed E-state index contributed by atoms with van der Waals surface area (Å²) in [5, 5.41) is 2.76. The van der Waals surface area contributed by atoms with Crippen molar-refractivity contribution in [3.8, 4) is 0 Å². The molecule has 0 aromatic carbocycles. The van der Waals surface area contributed by atoms with Crippen LogP contribution in [0, 0.1) is 0 Å². The van der Waals surface area contributed by atoms with Gasteiger partial charge in [0.25, 0.3) is 10.1 Å². The lowest BCUT2D eigenvalue weighted by Crippen LogP contribution is -2.33. The Balaban J connectivity index is 2.61. The Hall–Kier alpha value is -0.170. The van der Waals surface area contributed by atoms with Crippen molar-refractivity contribution in [2.45, 2.75) is 12.8 Å². The molecule has 0 bridgehead atoms. The molecule has 11 heavy (non-hydrogen) atoms. The van der Waals surface area contributed by atoms with E-state index in [1.165, 1.54) is 7.11 Å². The van der Waals surface area contributed by atoms with Gasteiger partial charge in [-0.05, 0) is 6.42 Å². The van der Waals surface area contributed by atoms with Crippen LogP contribution in [0.3, 0.4) is 0 Å². The molecule has 0 aliphatic carbocycles. The second kappa shape index (κ2) is 3.48. The number of hydrogen-bond donors (Lipinski definition) is 1. The van der Waals surface area contributed by atoms with Gasteiger partial charge in [0.15, 0.2) is 0 Å². The first kappa shape index (κ1) is 8.92. The average Bonchev–Trinajstić information content (AvgIpc) is 2.10. The number of nitrogens with one attached hydrogen (secondary N) is 1. The highest BCUT2D eigenvalue weighted by atomic mass is 32.2. The van der Waals surface area contributed by atoms with Gasteiger partial charge >= 0.3 is 0 Å². The zero-order valence-electron chi connectivity index (χ0n) is 6.24. The van der Waals surface area contributed by atoms with E-state index < -0.39 is 16.5 Å². The van der Waals surface area contributed by atoms with Gasteiger partial charge in [-0.2, -0.15) is 8.42 Å². The van der Waals surface area contributed by atoms with Crippen LogP contribution < -0.4 is 5.32 Å². The monoisotopic (exact) mass is 181 g/mol. The SMILES string of the molecule is COC1NCCCS(=O)(=O)O1. The third-order valence-electron chi connectivity index (χ3n) is 1.33. The van der Waals surface area contributed by atoms with E-state index in [9.17, 15) is 8.42 Å². The minimum atomic E-state index is -3.37. The fourth-order valence-corrected chi connectivity index (χ4v) is 1.81. The molecule has 1 fully saturated rings. The van der Waals surface area contributed by atoms with Crippen LogP contribution >= 0.6 is 0 Å². The molecule has 1 N–H and O–H groups in total. The van der Waals surface area contributed by atoms with Gasteiger partial charge in [0.2, 0.25) is 6.41 Å². The molecule has 66 valence electrons. The maximum Gasteiger partial charge on any atom is 0.270 e. The van der Waals surface area contributed by atoms with Crippen molar-refractivity contribution in [2.75, 3.05) is 19.4 Å². The van der Waals surface area contributed by atoms with E-state index in [2.05, 4.69) is 9.50 Å². The van der Waals surface area contributed by atoms with Crippen molar-refractivity contribution in [3.63, 3.8) is 0 Å². The van der Waals surface area contributed by atoms with Crippen LogP contribution in [0.2, 0.25) is 0 Å². The first-order valence-corrected chi connectivity index (χ1v) is 4.89. The van der Waals surface area contributed by atoms with E-state index in [0.717, 1.165) is 0 Å². The molecule has 0 amide bonds. The molecule has 0 spiro atoms. The van der Waals surface area contributed by atoms with Gasteiger partial charge in [-0.1, -0.05) is 0 Å². The Morgan fingerprint density at radius 2 is 2.36 bits per heavy atom. The summed E-state index contributed by atoms with van der Waals surface area (Å²) in [6, 6.07) is 0. The largest absolute Gasteiger partial charge is 0.342 e. The number of ether oxygens (including phenoxy) is 1. The maximum atomic E-state index is 10.9. The molecule has 0 radical (unpaired) electrons. The van der Waals surface area contributed by atoms with Gasteiger partial charge in [0, 0.05) is 13.7 Å². The van der Waals surface area contributed by atoms with Crippen molar-refractivity contribution in [3.05, 3.63) is 0 Å². The third kappa shape index (κ3) is 2.74. The van der Waals surface area contributed by atoms with Crippen LogP contribution in [0.25, 0.3) is 0 Å². The van der Waals surface area contributed by atoms with E-state index in [0.29, 0.717) is 13.0 Å². The molecule has 1 atom stereocenters. The summed E-state index contributed by atoms with van der Waals surface area (Å²) in [4.78, 5) is 0. The molecular weight excluding hydrogens is 170 g/mol. The Morgan fingerprint density at radius 3 is 3.00 bits per heavy atom. The summed E-state index contributed by atoms with van der Waals surface area (Å²) >= 11 is 0. The summed E-state index contributed by atoms with van der Waals surface area (Å²) in [5.74, 6) is 0.0554. The van der Waals surface area contributed by atoms with Crippen LogP contribution in [0.4, 0.5) is 0 Å². The zero-order valence-corrected chi connectivity index (χ0v) is 7.06. The summed E-state index contributed by atoms with van der Waals surface area (Å²) in [7, 11) is -1.98. The Morgan fingerprint density at radius 1 is 1.64 bits per heavy atom. The number of methoxy groups -OCH3 is 1.